The lowest BCUT2D eigenvalue weighted by Crippen LogP contribution is -2.31. The van der Waals surface area contributed by atoms with Crippen molar-refractivity contribution in [3.63, 3.8) is 0 Å². The van der Waals surface area contributed by atoms with Gasteiger partial charge in [-0.25, -0.2) is 0 Å². The lowest BCUT2D eigenvalue weighted by Gasteiger charge is -2.13. The maximum atomic E-state index is 11.5. The number of carbonyl (C=O) groups excluding carboxylic acids is 2. The number of imide groups is 1. The average Bonchev–Trinajstić information content (AvgIpc) is 2.38. The number of unbranched alkanes of at least 4 members (excludes halogenated alkanes) is 2. The van der Waals surface area contributed by atoms with Crippen molar-refractivity contribution < 1.29 is 9.59 Å². The lowest BCUT2D eigenvalue weighted by molar-refractivity contribution is -0.139. The van der Waals surface area contributed by atoms with E-state index < -0.39 is 0 Å². The maximum absolute atomic E-state index is 11.5. The summed E-state index contributed by atoms with van der Waals surface area (Å²) in [6.45, 7) is 2.37. The van der Waals surface area contributed by atoms with Crippen molar-refractivity contribution in [3.8, 4) is 0 Å². The summed E-state index contributed by atoms with van der Waals surface area (Å²) in [4.78, 5) is 24.2. The molecule has 0 aromatic heterocycles. The summed E-state index contributed by atoms with van der Waals surface area (Å²) in [5.41, 5.74) is 0. The predicted molar refractivity (Wildman–Crippen MR) is 55.1 cm³/mol. The van der Waals surface area contributed by atoms with Crippen LogP contribution in [-0.4, -0.2) is 29.1 Å². The number of likely N-dealkylation sites (tertiary alicyclic amines) is 1. The van der Waals surface area contributed by atoms with E-state index in [4.69, 9.17) is 11.6 Å². The Hall–Kier alpha value is -0.570. The van der Waals surface area contributed by atoms with Gasteiger partial charge in [0.2, 0.25) is 11.8 Å². The van der Waals surface area contributed by atoms with E-state index >= 15 is 0 Å². The van der Waals surface area contributed by atoms with E-state index in [1.807, 2.05) is 0 Å². The van der Waals surface area contributed by atoms with E-state index in [9.17, 15) is 9.59 Å². The van der Waals surface area contributed by atoms with Crippen LogP contribution in [0.4, 0.5) is 0 Å². The third-order valence-electron chi connectivity index (χ3n) is 2.48. The van der Waals surface area contributed by atoms with Gasteiger partial charge >= 0.3 is 0 Å². The summed E-state index contributed by atoms with van der Waals surface area (Å²) < 4.78 is 0. The third-order valence-corrected chi connectivity index (χ3v) is 2.75. The fraction of sp³-hybridized carbons (Fsp3) is 0.800. The highest BCUT2D eigenvalue weighted by Gasteiger charge is 2.34. The zero-order valence-electron chi connectivity index (χ0n) is 8.46. The molecule has 0 bridgehead atoms. The van der Waals surface area contributed by atoms with Crippen molar-refractivity contribution in [2.45, 2.75) is 32.6 Å². The number of hydrogen-bond donors (Lipinski definition) is 0. The zero-order valence-corrected chi connectivity index (χ0v) is 9.22. The Morgan fingerprint density at radius 3 is 2.57 bits per heavy atom. The van der Waals surface area contributed by atoms with Crippen molar-refractivity contribution in [2.75, 3.05) is 12.4 Å². The standard InChI is InChI=1S/C10H16ClNO2/c1-8-7-9(13)12(10(8)14)6-4-2-3-5-11/h8H,2-7H2,1H3. The van der Waals surface area contributed by atoms with Gasteiger partial charge in [0.15, 0.2) is 0 Å². The van der Waals surface area contributed by atoms with Crippen LogP contribution in [0.2, 0.25) is 0 Å². The van der Waals surface area contributed by atoms with Gasteiger partial charge in [0.1, 0.15) is 0 Å². The number of amides is 2. The van der Waals surface area contributed by atoms with Crippen molar-refractivity contribution in [3.05, 3.63) is 0 Å². The van der Waals surface area contributed by atoms with Crippen molar-refractivity contribution >= 4 is 23.4 Å². The molecule has 1 aliphatic heterocycles. The second-order valence-corrected chi connectivity index (χ2v) is 4.12. The molecule has 14 heavy (non-hydrogen) atoms. The van der Waals surface area contributed by atoms with Crippen molar-refractivity contribution in [2.24, 2.45) is 5.92 Å². The zero-order chi connectivity index (χ0) is 10.6. The van der Waals surface area contributed by atoms with Crippen LogP contribution in [0.15, 0.2) is 0 Å². The number of halogens is 1. The Bertz CT molecular complexity index is 230. The largest absolute Gasteiger partial charge is 0.282 e. The number of hydrogen-bond acceptors (Lipinski definition) is 2. The SMILES string of the molecule is CC1CC(=O)N(CCCCCCl)C1=O. The Balaban J connectivity index is 2.30. The van der Waals surface area contributed by atoms with Crippen LogP contribution < -0.4 is 0 Å². The van der Waals surface area contributed by atoms with E-state index in [-0.39, 0.29) is 17.7 Å². The number of nitrogens with zero attached hydrogens (tertiary/aromatic N) is 1. The highest BCUT2D eigenvalue weighted by atomic mass is 35.5. The molecule has 0 spiro atoms. The Morgan fingerprint density at radius 2 is 2.07 bits per heavy atom. The molecular weight excluding hydrogens is 202 g/mol. The molecule has 1 rings (SSSR count). The Labute approximate surface area is 89.4 Å². The van der Waals surface area contributed by atoms with Gasteiger partial charge < -0.3 is 0 Å². The van der Waals surface area contributed by atoms with Crippen molar-refractivity contribution in [1.29, 1.82) is 0 Å². The van der Waals surface area contributed by atoms with Crippen LogP contribution in [0.3, 0.4) is 0 Å². The van der Waals surface area contributed by atoms with E-state index in [2.05, 4.69) is 0 Å². The van der Waals surface area contributed by atoms with E-state index in [0.717, 1.165) is 19.3 Å². The molecule has 1 heterocycles. The molecule has 2 amide bonds. The molecule has 3 nitrogen and oxygen atoms in total. The van der Waals surface area contributed by atoms with Crippen LogP contribution in [0.5, 0.6) is 0 Å². The quantitative estimate of drug-likeness (QED) is 0.400. The van der Waals surface area contributed by atoms with Gasteiger partial charge in [-0.1, -0.05) is 13.3 Å². The van der Waals surface area contributed by atoms with E-state index in [1.54, 1.807) is 6.92 Å². The van der Waals surface area contributed by atoms with Crippen LogP contribution in [0.1, 0.15) is 32.6 Å². The fourth-order valence-corrected chi connectivity index (χ4v) is 1.81. The van der Waals surface area contributed by atoms with E-state index in [0.29, 0.717) is 18.8 Å². The smallest absolute Gasteiger partial charge is 0.232 e. The van der Waals surface area contributed by atoms with Crippen LogP contribution >= 0.6 is 11.6 Å². The number of carbonyl (C=O) groups is 2. The molecule has 0 saturated carbocycles. The molecule has 4 heteroatoms. The summed E-state index contributed by atoms with van der Waals surface area (Å²) in [5, 5.41) is 0. The highest BCUT2D eigenvalue weighted by molar-refractivity contribution is 6.17. The van der Waals surface area contributed by atoms with E-state index in [1.165, 1.54) is 4.90 Å². The normalized spacial score (nSPS) is 22.1. The average molecular weight is 218 g/mol. The summed E-state index contributed by atoms with van der Waals surface area (Å²) >= 11 is 5.53. The molecule has 1 atom stereocenters. The molecule has 1 saturated heterocycles. The molecule has 1 fully saturated rings. The summed E-state index contributed by atoms with van der Waals surface area (Å²) in [5.74, 6) is 0.503. The second-order valence-electron chi connectivity index (χ2n) is 3.74. The molecule has 1 unspecified atom stereocenters. The number of rotatable bonds is 5. The van der Waals surface area contributed by atoms with Crippen LogP contribution in [-0.2, 0) is 9.59 Å². The summed E-state index contributed by atoms with van der Waals surface area (Å²) in [6, 6.07) is 0. The lowest BCUT2D eigenvalue weighted by atomic mass is 10.1. The molecule has 1 aliphatic rings. The number of alkyl halides is 1. The van der Waals surface area contributed by atoms with Crippen LogP contribution in [0, 0.1) is 5.92 Å². The van der Waals surface area contributed by atoms with Gasteiger partial charge in [0.05, 0.1) is 0 Å². The van der Waals surface area contributed by atoms with Gasteiger partial charge in [-0.3, -0.25) is 14.5 Å². The first kappa shape index (κ1) is 11.5. The first-order chi connectivity index (χ1) is 6.66. The minimum absolute atomic E-state index is 0.0131. The third kappa shape index (κ3) is 2.71. The topological polar surface area (TPSA) is 37.4 Å². The van der Waals surface area contributed by atoms with Crippen molar-refractivity contribution in [1.82, 2.24) is 4.90 Å². The fourth-order valence-electron chi connectivity index (χ4n) is 1.62. The Morgan fingerprint density at radius 1 is 1.36 bits per heavy atom. The molecule has 0 N–H and O–H groups in total. The predicted octanol–water partition coefficient (Wildman–Crippen LogP) is 1.79. The van der Waals surface area contributed by atoms with Gasteiger partial charge in [-0.2, -0.15) is 0 Å². The first-order valence-corrected chi connectivity index (χ1v) is 5.60. The molecule has 80 valence electrons. The minimum Gasteiger partial charge on any atom is -0.282 e. The molecule has 0 radical (unpaired) electrons. The molecular formula is C10H16ClNO2. The maximum Gasteiger partial charge on any atom is 0.232 e. The Kier molecular flexibility index (Phi) is 4.39. The highest BCUT2D eigenvalue weighted by Crippen LogP contribution is 2.19. The first-order valence-electron chi connectivity index (χ1n) is 5.07. The minimum atomic E-state index is -0.115. The van der Waals surface area contributed by atoms with Gasteiger partial charge in [-0.05, 0) is 12.8 Å². The summed E-state index contributed by atoms with van der Waals surface area (Å²) in [7, 11) is 0. The summed E-state index contributed by atoms with van der Waals surface area (Å²) in [6.07, 6.45) is 3.19. The second kappa shape index (κ2) is 5.35. The monoisotopic (exact) mass is 217 g/mol. The van der Waals surface area contributed by atoms with Gasteiger partial charge in [0, 0.05) is 24.8 Å². The van der Waals surface area contributed by atoms with Gasteiger partial charge in [0.25, 0.3) is 0 Å². The molecule has 0 aromatic rings. The molecule has 0 aromatic carbocycles. The van der Waals surface area contributed by atoms with Gasteiger partial charge in [-0.15, -0.1) is 11.6 Å². The molecule has 0 aliphatic carbocycles. The van der Waals surface area contributed by atoms with Crippen LogP contribution in [0.25, 0.3) is 0 Å².